The largest absolute Gasteiger partial charge is 0.495 e. The first-order valence-electron chi connectivity index (χ1n) is 7.57. The minimum Gasteiger partial charge on any atom is -0.495 e. The molecule has 0 saturated carbocycles. The molecule has 1 aliphatic rings. The van der Waals surface area contributed by atoms with Gasteiger partial charge in [0.25, 0.3) is 11.1 Å². The summed E-state index contributed by atoms with van der Waals surface area (Å²) in [5.74, 6) is 0.179. The fraction of sp³-hybridized carbons (Fsp3) is 0.111. The number of carbonyl (C=O) groups excluding carboxylic acids is 2. The molecule has 8 heteroatoms. The van der Waals surface area contributed by atoms with E-state index in [4.69, 9.17) is 27.9 Å². The van der Waals surface area contributed by atoms with E-state index in [0.29, 0.717) is 32.0 Å². The van der Waals surface area contributed by atoms with E-state index >= 15 is 0 Å². The lowest BCUT2D eigenvalue weighted by Crippen LogP contribution is -2.33. The highest BCUT2D eigenvalue weighted by Gasteiger charge is 2.34. The standard InChI is InChI=1S/C18H14Cl2N2O3S/c1-25-15-7-6-12(9-14(15)20)21-10-22-17(23)16(26-18(22)24)8-11-4-2-3-5-13(11)19/h2-9,21H,10H2,1H3. The van der Waals surface area contributed by atoms with Crippen LogP contribution in [0.25, 0.3) is 6.08 Å². The Labute approximate surface area is 164 Å². The lowest BCUT2D eigenvalue weighted by Gasteiger charge is -2.15. The average Bonchev–Trinajstić information content (AvgIpc) is 2.88. The van der Waals surface area contributed by atoms with Gasteiger partial charge in [0.15, 0.2) is 0 Å². The van der Waals surface area contributed by atoms with E-state index in [1.807, 2.05) is 6.07 Å². The predicted molar refractivity (Wildman–Crippen MR) is 106 cm³/mol. The maximum absolute atomic E-state index is 12.5. The van der Waals surface area contributed by atoms with Gasteiger partial charge in [-0.3, -0.25) is 14.5 Å². The molecule has 0 atom stereocenters. The molecule has 2 amide bonds. The number of hydrogen-bond acceptors (Lipinski definition) is 5. The highest BCUT2D eigenvalue weighted by atomic mass is 35.5. The molecule has 0 unspecified atom stereocenters. The van der Waals surface area contributed by atoms with E-state index in [9.17, 15) is 9.59 Å². The summed E-state index contributed by atoms with van der Waals surface area (Å²) < 4.78 is 5.09. The van der Waals surface area contributed by atoms with Crippen LogP contribution in [0.2, 0.25) is 10.0 Å². The number of benzene rings is 2. The van der Waals surface area contributed by atoms with Gasteiger partial charge in [0.05, 0.1) is 23.7 Å². The van der Waals surface area contributed by atoms with E-state index < -0.39 is 0 Å². The summed E-state index contributed by atoms with van der Waals surface area (Å²) in [6.45, 7) is 0.0349. The van der Waals surface area contributed by atoms with Crippen LogP contribution < -0.4 is 10.1 Å². The Hall–Kier alpha value is -2.15. The summed E-state index contributed by atoms with van der Waals surface area (Å²) in [5.41, 5.74) is 1.36. The number of amides is 2. The second-order valence-corrected chi connectivity index (χ2v) is 7.12. The van der Waals surface area contributed by atoms with Gasteiger partial charge in [-0.15, -0.1) is 0 Å². The van der Waals surface area contributed by atoms with Crippen molar-refractivity contribution in [2.45, 2.75) is 0 Å². The van der Waals surface area contributed by atoms with E-state index in [1.54, 1.807) is 42.5 Å². The summed E-state index contributed by atoms with van der Waals surface area (Å²) in [6, 6.07) is 12.3. The molecular weight excluding hydrogens is 395 g/mol. The number of imide groups is 1. The van der Waals surface area contributed by atoms with Crippen molar-refractivity contribution in [2.24, 2.45) is 0 Å². The van der Waals surface area contributed by atoms with Gasteiger partial charge in [-0.1, -0.05) is 41.4 Å². The van der Waals surface area contributed by atoms with Gasteiger partial charge in [0, 0.05) is 10.7 Å². The molecule has 2 aromatic rings. The van der Waals surface area contributed by atoms with Crippen molar-refractivity contribution in [3.8, 4) is 5.75 Å². The normalized spacial score (nSPS) is 15.7. The Morgan fingerprint density at radius 1 is 1.15 bits per heavy atom. The van der Waals surface area contributed by atoms with Crippen molar-refractivity contribution in [3.05, 3.63) is 63.0 Å². The SMILES string of the molecule is COc1ccc(NCN2C(=O)SC(=Cc3ccccc3Cl)C2=O)cc1Cl. The van der Waals surface area contributed by atoms with Crippen LogP contribution >= 0.6 is 35.0 Å². The summed E-state index contributed by atoms with van der Waals surface area (Å²) in [6.07, 6.45) is 1.62. The number of rotatable bonds is 5. The van der Waals surface area contributed by atoms with Gasteiger partial charge >= 0.3 is 0 Å². The fourth-order valence-electron chi connectivity index (χ4n) is 2.32. The van der Waals surface area contributed by atoms with E-state index in [-0.39, 0.29) is 17.8 Å². The first-order valence-corrected chi connectivity index (χ1v) is 9.14. The number of nitrogens with one attached hydrogen (secondary N) is 1. The minimum atomic E-state index is -0.368. The third kappa shape index (κ3) is 3.98. The van der Waals surface area contributed by atoms with Crippen LogP contribution in [0.3, 0.4) is 0 Å². The first-order chi connectivity index (χ1) is 12.5. The van der Waals surface area contributed by atoms with Gasteiger partial charge in [0.2, 0.25) is 0 Å². The Morgan fingerprint density at radius 3 is 2.62 bits per heavy atom. The zero-order chi connectivity index (χ0) is 18.7. The summed E-state index contributed by atoms with van der Waals surface area (Å²) in [7, 11) is 1.53. The molecule has 1 N–H and O–H groups in total. The molecule has 0 aliphatic carbocycles. The smallest absolute Gasteiger partial charge is 0.295 e. The second kappa shape index (κ2) is 8.03. The number of methoxy groups -OCH3 is 1. The van der Waals surface area contributed by atoms with E-state index in [0.717, 1.165) is 16.7 Å². The molecule has 26 heavy (non-hydrogen) atoms. The van der Waals surface area contributed by atoms with E-state index in [2.05, 4.69) is 5.32 Å². The predicted octanol–water partition coefficient (Wildman–Crippen LogP) is 5.11. The highest BCUT2D eigenvalue weighted by Crippen LogP contribution is 2.33. The topological polar surface area (TPSA) is 58.6 Å². The molecule has 134 valence electrons. The maximum Gasteiger partial charge on any atom is 0.295 e. The van der Waals surface area contributed by atoms with Gasteiger partial charge in [-0.2, -0.15) is 0 Å². The van der Waals surface area contributed by atoms with E-state index in [1.165, 1.54) is 7.11 Å². The summed E-state index contributed by atoms with van der Waals surface area (Å²) >= 11 is 13.1. The van der Waals surface area contributed by atoms with Crippen LogP contribution in [0.1, 0.15) is 5.56 Å². The Kier molecular flexibility index (Phi) is 5.76. The van der Waals surface area contributed by atoms with Crippen molar-refractivity contribution in [3.63, 3.8) is 0 Å². The number of ether oxygens (including phenoxy) is 1. The quantitative estimate of drug-likeness (QED) is 0.696. The van der Waals surface area contributed by atoms with Gasteiger partial charge < -0.3 is 10.1 Å². The molecule has 3 rings (SSSR count). The number of carbonyl (C=O) groups is 2. The lowest BCUT2D eigenvalue weighted by molar-refractivity contribution is -0.122. The zero-order valence-electron chi connectivity index (χ0n) is 13.7. The number of halogens is 2. The van der Waals surface area contributed by atoms with Crippen molar-refractivity contribution in [2.75, 3.05) is 19.1 Å². The van der Waals surface area contributed by atoms with Gasteiger partial charge in [0.1, 0.15) is 5.75 Å². The maximum atomic E-state index is 12.5. The third-order valence-electron chi connectivity index (χ3n) is 3.66. The molecule has 1 fully saturated rings. The molecular formula is C18H14Cl2N2O3S. The van der Waals surface area contributed by atoms with Gasteiger partial charge in [-0.05, 0) is 47.7 Å². The van der Waals surface area contributed by atoms with Crippen LogP contribution in [0.15, 0.2) is 47.4 Å². The molecule has 2 aromatic carbocycles. The third-order valence-corrected chi connectivity index (χ3v) is 5.21. The molecule has 0 bridgehead atoms. The molecule has 0 spiro atoms. The van der Waals surface area contributed by atoms with Crippen molar-refractivity contribution in [1.29, 1.82) is 0 Å². The Balaban J connectivity index is 1.71. The number of nitrogens with zero attached hydrogens (tertiary/aromatic N) is 1. The zero-order valence-corrected chi connectivity index (χ0v) is 16.0. The van der Waals surface area contributed by atoms with Crippen LogP contribution in [0.5, 0.6) is 5.75 Å². The highest BCUT2D eigenvalue weighted by molar-refractivity contribution is 8.18. The van der Waals surface area contributed by atoms with Gasteiger partial charge in [-0.25, -0.2) is 0 Å². The molecule has 0 radical (unpaired) electrons. The van der Waals surface area contributed by atoms with Crippen LogP contribution in [0, 0.1) is 0 Å². The van der Waals surface area contributed by atoms with Crippen LogP contribution in [-0.4, -0.2) is 29.8 Å². The van der Waals surface area contributed by atoms with Crippen LogP contribution in [-0.2, 0) is 4.79 Å². The molecule has 1 saturated heterocycles. The lowest BCUT2D eigenvalue weighted by atomic mass is 10.2. The Bertz CT molecular complexity index is 902. The van der Waals surface area contributed by atoms with Crippen LogP contribution in [0.4, 0.5) is 10.5 Å². The molecule has 5 nitrogen and oxygen atoms in total. The first kappa shape index (κ1) is 18.6. The molecule has 1 aliphatic heterocycles. The number of thioether (sulfide) groups is 1. The monoisotopic (exact) mass is 408 g/mol. The average molecular weight is 409 g/mol. The number of hydrogen-bond donors (Lipinski definition) is 1. The molecule has 1 heterocycles. The fourth-order valence-corrected chi connectivity index (χ4v) is 3.59. The van der Waals surface area contributed by atoms with Crippen molar-refractivity contribution < 1.29 is 14.3 Å². The Morgan fingerprint density at radius 2 is 1.92 bits per heavy atom. The summed E-state index contributed by atoms with van der Waals surface area (Å²) in [5, 5.41) is 3.62. The number of anilines is 1. The van der Waals surface area contributed by atoms with Crippen molar-refractivity contribution in [1.82, 2.24) is 4.90 Å². The minimum absolute atomic E-state index is 0.0349. The molecule has 0 aromatic heterocycles. The van der Waals surface area contributed by atoms with Crippen molar-refractivity contribution >= 4 is 57.9 Å². The second-order valence-electron chi connectivity index (χ2n) is 5.32. The summed E-state index contributed by atoms with van der Waals surface area (Å²) in [4.78, 5) is 26.1.